The number of carbonyl (C=O) groups is 1. The number of rotatable bonds is 7. The summed E-state index contributed by atoms with van der Waals surface area (Å²) < 4.78 is 5.18. The summed E-state index contributed by atoms with van der Waals surface area (Å²) in [5.41, 5.74) is 1.91. The van der Waals surface area contributed by atoms with E-state index in [9.17, 15) is 4.79 Å². The third-order valence-corrected chi connectivity index (χ3v) is 2.78. The van der Waals surface area contributed by atoms with E-state index >= 15 is 0 Å². The maximum Gasteiger partial charge on any atom is 0.338 e. The summed E-state index contributed by atoms with van der Waals surface area (Å²) in [4.78, 5) is 13.7. The molecule has 0 aromatic heterocycles. The minimum Gasteiger partial charge on any atom is -0.461 e. The molecule has 0 N–H and O–H groups in total. The zero-order valence-electron chi connectivity index (χ0n) is 11.6. The zero-order chi connectivity index (χ0) is 13.4. The molecule has 0 fully saturated rings. The lowest BCUT2D eigenvalue weighted by Crippen LogP contribution is -2.20. The molecule has 0 radical (unpaired) electrons. The van der Waals surface area contributed by atoms with Gasteiger partial charge in [-0.2, -0.15) is 0 Å². The molecule has 0 aliphatic rings. The summed E-state index contributed by atoms with van der Waals surface area (Å²) in [6.45, 7) is 3.36. The van der Waals surface area contributed by atoms with Crippen molar-refractivity contribution in [2.75, 3.05) is 27.2 Å². The van der Waals surface area contributed by atoms with Gasteiger partial charge in [0.15, 0.2) is 0 Å². The van der Waals surface area contributed by atoms with E-state index in [4.69, 9.17) is 4.74 Å². The molecule has 0 spiro atoms. The molecule has 1 aromatic carbocycles. The fraction of sp³-hybridized carbons (Fsp3) is 0.533. The van der Waals surface area contributed by atoms with E-state index in [-0.39, 0.29) is 5.97 Å². The van der Waals surface area contributed by atoms with Gasteiger partial charge in [-0.05, 0) is 44.6 Å². The lowest BCUT2D eigenvalue weighted by molar-refractivity contribution is 0.0482. The van der Waals surface area contributed by atoms with Gasteiger partial charge in [0.05, 0.1) is 5.56 Å². The average molecular weight is 249 g/mol. The molecule has 0 bridgehead atoms. The molecule has 0 saturated carbocycles. The van der Waals surface area contributed by atoms with Crippen LogP contribution in [0.4, 0.5) is 0 Å². The van der Waals surface area contributed by atoms with Crippen LogP contribution in [0.1, 0.15) is 35.7 Å². The largest absolute Gasteiger partial charge is 0.461 e. The number of nitrogens with zero attached hydrogens (tertiary/aromatic N) is 1. The fourth-order valence-corrected chi connectivity index (χ4v) is 1.59. The van der Waals surface area contributed by atoms with Crippen LogP contribution in [-0.2, 0) is 11.2 Å². The number of hydrogen-bond donors (Lipinski definition) is 0. The molecule has 3 heteroatoms. The van der Waals surface area contributed by atoms with E-state index in [2.05, 4.69) is 6.92 Å². The summed E-state index contributed by atoms with van der Waals surface area (Å²) in [5, 5.41) is 0. The van der Waals surface area contributed by atoms with Gasteiger partial charge in [-0.15, -0.1) is 0 Å². The van der Waals surface area contributed by atoms with Gasteiger partial charge in [0.1, 0.15) is 6.61 Å². The van der Waals surface area contributed by atoms with Gasteiger partial charge in [-0.1, -0.05) is 25.5 Å². The topological polar surface area (TPSA) is 29.5 Å². The van der Waals surface area contributed by atoms with Crippen molar-refractivity contribution in [1.82, 2.24) is 4.90 Å². The highest BCUT2D eigenvalue weighted by molar-refractivity contribution is 5.89. The predicted molar refractivity (Wildman–Crippen MR) is 73.9 cm³/mol. The minimum atomic E-state index is -0.237. The van der Waals surface area contributed by atoms with Crippen LogP contribution in [0.2, 0.25) is 0 Å². The standard InChI is InChI=1S/C15H23NO2/c1-4-5-6-13-7-9-14(10-8-13)15(17)18-12-11-16(2)3/h7-10H,4-6,11-12H2,1-3H3. The number of ether oxygens (including phenoxy) is 1. The maximum atomic E-state index is 11.7. The second kappa shape index (κ2) is 7.88. The monoisotopic (exact) mass is 249 g/mol. The van der Waals surface area contributed by atoms with Crippen LogP contribution < -0.4 is 0 Å². The van der Waals surface area contributed by atoms with Crippen molar-refractivity contribution < 1.29 is 9.53 Å². The van der Waals surface area contributed by atoms with Crippen molar-refractivity contribution >= 4 is 5.97 Å². The van der Waals surface area contributed by atoms with Gasteiger partial charge in [-0.3, -0.25) is 0 Å². The van der Waals surface area contributed by atoms with Crippen LogP contribution in [0, 0.1) is 0 Å². The number of esters is 1. The molecule has 3 nitrogen and oxygen atoms in total. The first-order valence-electron chi connectivity index (χ1n) is 6.54. The third kappa shape index (κ3) is 5.32. The van der Waals surface area contributed by atoms with Crippen molar-refractivity contribution in [2.24, 2.45) is 0 Å². The molecule has 0 heterocycles. The Labute approximate surface area is 110 Å². The number of hydrogen-bond acceptors (Lipinski definition) is 3. The summed E-state index contributed by atoms with van der Waals surface area (Å²) in [5.74, 6) is -0.237. The Bertz CT molecular complexity index is 357. The molecule has 0 atom stereocenters. The van der Waals surface area contributed by atoms with E-state index in [1.165, 1.54) is 18.4 Å². The number of benzene rings is 1. The molecular weight excluding hydrogens is 226 g/mol. The van der Waals surface area contributed by atoms with Crippen molar-refractivity contribution in [3.63, 3.8) is 0 Å². The molecule has 1 aromatic rings. The Morgan fingerprint density at radius 3 is 2.44 bits per heavy atom. The zero-order valence-corrected chi connectivity index (χ0v) is 11.6. The molecule has 1 rings (SSSR count). The Balaban J connectivity index is 2.43. The van der Waals surface area contributed by atoms with Crippen LogP contribution >= 0.6 is 0 Å². The van der Waals surface area contributed by atoms with E-state index in [0.717, 1.165) is 13.0 Å². The van der Waals surface area contributed by atoms with Crippen molar-refractivity contribution in [2.45, 2.75) is 26.2 Å². The lowest BCUT2D eigenvalue weighted by atomic mass is 10.1. The van der Waals surface area contributed by atoms with Gasteiger partial charge >= 0.3 is 5.97 Å². The molecule has 0 unspecified atom stereocenters. The lowest BCUT2D eigenvalue weighted by Gasteiger charge is -2.10. The molecule has 0 aliphatic carbocycles. The van der Waals surface area contributed by atoms with Crippen LogP contribution in [-0.4, -0.2) is 38.1 Å². The van der Waals surface area contributed by atoms with E-state index in [0.29, 0.717) is 12.2 Å². The average Bonchev–Trinajstić information content (AvgIpc) is 2.36. The number of carbonyl (C=O) groups excluding carboxylic acids is 1. The normalized spacial score (nSPS) is 10.7. The molecule has 0 saturated heterocycles. The summed E-state index contributed by atoms with van der Waals surface area (Å²) in [6, 6.07) is 7.72. The first-order chi connectivity index (χ1) is 8.63. The van der Waals surface area contributed by atoms with Gasteiger partial charge < -0.3 is 9.64 Å². The van der Waals surface area contributed by atoms with Crippen molar-refractivity contribution in [3.05, 3.63) is 35.4 Å². The first-order valence-corrected chi connectivity index (χ1v) is 6.54. The van der Waals surface area contributed by atoms with Gasteiger partial charge in [-0.25, -0.2) is 4.79 Å². The van der Waals surface area contributed by atoms with Crippen molar-refractivity contribution in [3.8, 4) is 0 Å². The van der Waals surface area contributed by atoms with Gasteiger partial charge in [0.25, 0.3) is 0 Å². The second-order valence-corrected chi connectivity index (χ2v) is 4.74. The summed E-state index contributed by atoms with van der Waals surface area (Å²) in [6.07, 6.45) is 3.45. The van der Waals surface area contributed by atoms with E-state index in [1.807, 2.05) is 43.3 Å². The Kier molecular flexibility index (Phi) is 6.44. The Hall–Kier alpha value is -1.35. The maximum absolute atomic E-state index is 11.7. The van der Waals surface area contributed by atoms with E-state index in [1.54, 1.807) is 0 Å². The molecule has 0 amide bonds. The molecular formula is C15H23NO2. The molecule has 18 heavy (non-hydrogen) atoms. The second-order valence-electron chi connectivity index (χ2n) is 4.74. The number of aryl methyl sites for hydroxylation is 1. The smallest absolute Gasteiger partial charge is 0.338 e. The third-order valence-electron chi connectivity index (χ3n) is 2.78. The van der Waals surface area contributed by atoms with Crippen LogP contribution in [0.25, 0.3) is 0 Å². The molecule has 100 valence electrons. The highest BCUT2D eigenvalue weighted by Gasteiger charge is 2.06. The highest BCUT2D eigenvalue weighted by atomic mass is 16.5. The van der Waals surface area contributed by atoms with Gasteiger partial charge in [0, 0.05) is 6.54 Å². The number of likely N-dealkylation sites (N-methyl/N-ethyl adjacent to an activating group) is 1. The molecule has 0 aliphatic heterocycles. The fourth-order valence-electron chi connectivity index (χ4n) is 1.59. The SMILES string of the molecule is CCCCc1ccc(C(=O)OCCN(C)C)cc1. The quantitative estimate of drug-likeness (QED) is 0.696. The van der Waals surface area contributed by atoms with E-state index < -0.39 is 0 Å². The highest BCUT2D eigenvalue weighted by Crippen LogP contribution is 2.09. The van der Waals surface area contributed by atoms with Crippen LogP contribution in [0.15, 0.2) is 24.3 Å². The minimum absolute atomic E-state index is 0.237. The Morgan fingerprint density at radius 1 is 1.22 bits per heavy atom. The predicted octanol–water partition coefficient (Wildman–Crippen LogP) is 2.75. The van der Waals surface area contributed by atoms with Crippen LogP contribution in [0.3, 0.4) is 0 Å². The van der Waals surface area contributed by atoms with Crippen molar-refractivity contribution in [1.29, 1.82) is 0 Å². The Morgan fingerprint density at radius 2 is 1.89 bits per heavy atom. The van der Waals surface area contributed by atoms with Crippen LogP contribution in [0.5, 0.6) is 0 Å². The number of unbranched alkanes of at least 4 members (excludes halogenated alkanes) is 1. The summed E-state index contributed by atoms with van der Waals surface area (Å²) >= 11 is 0. The van der Waals surface area contributed by atoms with Gasteiger partial charge in [0.2, 0.25) is 0 Å². The first kappa shape index (κ1) is 14.7. The summed E-state index contributed by atoms with van der Waals surface area (Å²) in [7, 11) is 3.91.